The number of thiazole rings is 1. The maximum atomic E-state index is 11.8. The van der Waals surface area contributed by atoms with Gasteiger partial charge < -0.3 is 5.32 Å². The van der Waals surface area contributed by atoms with Crippen molar-refractivity contribution in [2.45, 2.75) is 31.9 Å². The van der Waals surface area contributed by atoms with E-state index in [1.807, 2.05) is 31.2 Å². The number of hydrogen-bond acceptors (Lipinski definition) is 4. The highest BCUT2D eigenvalue weighted by molar-refractivity contribution is 7.99. The van der Waals surface area contributed by atoms with E-state index in [0.29, 0.717) is 5.75 Å². The molecule has 1 heterocycles. The molecule has 1 amide bonds. The van der Waals surface area contributed by atoms with E-state index in [1.165, 1.54) is 5.01 Å². The standard InChI is InChI=1S/C17H21ClN2OS2/c1-13-10-23-17(20-13)7-2-3-8-19-16(21)12-22-11-14-5-4-6-15(18)9-14/h4-6,9-10H,2-3,7-8,11-12H2,1H3,(H,19,21). The quantitative estimate of drug-likeness (QED) is 0.663. The molecule has 0 unspecified atom stereocenters. The summed E-state index contributed by atoms with van der Waals surface area (Å²) in [5, 5.41) is 6.97. The maximum absolute atomic E-state index is 11.8. The summed E-state index contributed by atoms with van der Waals surface area (Å²) in [6, 6.07) is 7.75. The van der Waals surface area contributed by atoms with Gasteiger partial charge in [-0.3, -0.25) is 4.79 Å². The van der Waals surface area contributed by atoms with Crippen LogP contribution in [0.1, 0.15) is 29.1 Å². The van der Waals surface area contributed by atoms with Crippen molar-refractivity contribution < 1.29 is 4.79 Å². The summed E-state index contributed by atoms with van der Waals surface area (Å²) in [6.45, 7) is 2.75. The average Bonchev–Trinajstić information content (AvgIpc) is 2.92. The van der Waals surface area contributed by atoms with E-state index in [-0.39, 0.29) is 5.91 Å². The molecular weight excluding hydrogens is 348 g/mol. The van der Waals surface area contributed by atoms with Crippen molar-refractivity contribution >= 4 is 40.6 Å². The van der Waals surface area contributed by atoms with Crippen LogP contribution in [0.5, 0.6) is 0 Å². The maximum Gasteiger partial charge on any atom is 0.230 e. The van der Waals surface area contributed by atoms with Crippen LogP contribution in [-0.4, -0.2) is 23.2 Å². The number of aromatic nitrogens is 1. The molecule has 0 spiro atoms. The van der Waals surface area contributed by atoms with Crippen molar-refractivity contribution in [3.05, 3.63) is 50.9 Å². The van der Waals surface area contributed by atoms with E-state index < -0.39 is 0 Å². The molecular formula is C17H21ClN2OS2. The molecule has 6 heteroatoms. The number of thioether (sulfide) groups is 1. The first kappa shape index (κ1) is 18.3. The van der Waals surface area contributed by atoms with Crippen LogP contribution in [0.3, 0.4) is 0 Å². The summed E-state index contributed by atoms with van der Waals surface area (Å²) in [5.41, 5.74) is 2.24. The van der Waals surface area contributed by atoms with E-state index in [4.69, 9.17) is 11.6 Å². The van der Waals surface area contributed by atoms with Gasteiger partial charge >= 0.3 is 0 Å². The van der Waals surface area contributed by atoms with Crippen LogP contribution in [0.25, 0.3) is 0 Å². The number of nitrogens with zero attached hydrogens (tertiary/aromatic N) is 1. The fourth-order valence-corrected chi connectivity index (χ4v) is 3.92. The highest BCUT2D eigenvalue weighted by Crippen LogP contribution is 2.16. The molecule has 0 bridgehead atoms. The number of rotatable bonds is 9. The SMILES string of the molecule is Cc1csc(CCCCNC(=O)CSCc2cccc(Cl)c2)n1. The third-order valence-electron chi connectivity index (χ3n) is 3.20. The molecule has 1 aromatic carbocycles. The molecule has 0 aliphatic carbocycles. The van der Waals surface area contributed by atoms with Crippen molar-refractivity contribution in [1.82, 2.24) is 10.3 Å². The molecule has 0 radical (unpaired) electrons. The second-order valence-electron chi connectivity index (χ2n) is 5.31. The Balaban J connectivity index is 1.51. The molecule has 0 fully saturated rings. The van der Waals surface area contributed by atoms with Gasteiger partial charge in [0.1, 0.15) is 0 Å². The van der Waals surface area contributed by atoms with Crippen LogP contribution >= 0.6 is 34.7 Å². The summed E-state index contributed by atoms with van der Waals surface area (Å²) in [7, 11) is 0. The molecule has 2 aromatic rings. The van der Waals surface area contributed by atoms with Crippen molar-refractivity contribution in [3.63, 3.8) is 0 Å². The van der Waals surface area contributed by atoms with E-state index in [1.54, 1.807) is 23.1 Å². The second-order valence-corrected chi connectivity index (χ2v) is 7.68. The Hall–Kier alpha value is -1.04. The minimum Gasteiger partial charge on any atom is -0.355 e. The summed E-state index contributed by atoms with van der Waals surface area (Å²) in [4.78, 5) is 16.2. The van der Waals surface area contributed by atoms with E-state index in [2.05, 4.69) is 15.7 Å². The third kappa shape index (κ3) is 7.38. The lowest BCUT2D eigenvalue weighted by Crippen LogP contribution is -2.26. The molecule has 2 rings (SSSR count). The van der Waals surface area contributed by atoms with Crippen LogP contribution in [0.2, 0.25) is 5.02 Å². The number of aryl methyl sites for hydroxylation is 2. The minimum absolute atomic E-state index is 0.0992. The Labute approximate surface area is 150 Å². The van der Waals surface area contributed by atoms with E-state index in [0.717, 1.165) is 47.8 Å². The van der Waals surface area contributed by atoms with Crippen molar-refractivity contribution in [2.24, 2.45) is 0 Å². The first-order chi connectivity index (χ1) is 11.1. The fraction of sp³-hybridized carbons (Fsp3) is 0.412. The van der Waals surface area contributed by atoms with Crippen molar-refractivity contribution in [1.29, 1.82) is 0 Å². The molecule has 0 saturated heterocycles. The fourth-order valence-electron chi connectivity index (χ4n) is 2.09. The van der Waals surface area contributed by atoms with Gasteiger partial charge in [-0.1, -0.05) is 23.7 Å². The van der Waals surface area contributed by atoms with Crippen LogP contribution in [0.15, 0.2) is 29.6 Å². The van der Waals surface area contributed by atoms with Gasteiger partial charge in [0.15, 0.2) is 0 Å². The number of hydrogen-bond donors (Lipinski definition) is 1. The van der Waals surface area contributed by atoms with Crippen molar-refractivity contribution in [3.8, 4) is 0 Å². The lowest BCUT2D eigenvalue weighted by atomic mass is 10.2. The molecule has 3 nitrogen and oxygen atoms in total. The molecule has 23 heavy (non-hydrogen) atoms. The Bertz CT molecular complexity index is 631. The highest BCUT2D eigenvalue weighted by Gasteiger charge is 2.03. The number of carbonyl (C=O) groups excluding carboxylic acids is 1. The Kier molecular flexibility index (Phi) is 7.92. The van der Waals surface area contributed by atoms with Gasteiger partial charge in [0, 0.05) is 28.4 Å². The summed E-state index contributed by atoms with van der Waals surface area (Å²) in [5.74, 6) is 1.39. The third-order valence-corrected chi connectivity index (χ3v) is 5.46. The largest absolute Gasteiger partial charge is 0.355 e. The first-order valence-electron chi connectivity index (χ1n) is 7.63. The lowest BCUT2D eigenvalue weighted by molar-refractivity contribution is -0.118. The first-order valence-corrected chi connectivity index (χ1v) is 10.0. The van der Waals surface area contributed by atoms with Crippen LogP contribution in [-0.2, 0) is 17.0 Å². The number of halogens is 1. The average molecular weight is 369 g/mol. The Morgan fingerprint density at radius 1 is 1.39 bits per heavy atom. The molecule has 124 valence electrons. The molecule has 0 atom stereocenters. The minimum atomic E-state index is 0.0992. The second kappa shape index (κ2) is 9.96. The number of unbranched alkanes of at least 4 members (excludes halogenated alkanes) is 1. The zero-order valence-corrected chi connectivity index (χ0v) is 15.6. The number of amides is 1. The van der Waals surface area contributed by atoms with Gasteiger partial charge in [-0.25, -0.2) is 4.98 Å². The smallest absolute Gasteiger partial charge is 0.230 e. The lowest BCUT2D eigenvalue weighted by Gasteiger charge is -2.05. The Morgan fingerprint density at radius 3 is 3.00 bits per heavy atom. The van der Waals surface area contributed by atoms with Gasteiger partial charge in [-0.2, -0.15) is 0 Å². The number of nitrogens with one attached hydrogen (secondary N) is 1. The highest BCUT2D eigenvalue weighted by atomic mass is 35.5. The van der Waals surface area contributed by atoms with Gasteiger partial charge in [0.05, 0.1) is 10.8 Å². The number of benzene rings is 1. The normalized spacial score (nSPS) is 10.7. The van der Waals surface area contributed by atoms with Crippen LogP contribution < -0.4 is 5.32 Å². The van der Waals surface area contributed by atoms with E-state index in [9.17, 15) is 4.79 Å². The molecule has 0 aliphatic rings. The zero-order valence-electron chi connectivity index (χ0n) is 13.2. The van der Waals surface area contributed by atoms with Gasteiger partial charge in [0.25, 0.3) is 0 Å². The number of carbonyl (C=O) groups is 1. The zero-order chi connectivity index (χ0) is 16.5. The molecule has 1 aromatic heterocycles. The molecule has 0 aliphatic heterocycles. The van der Waals surface area contributed by atoms with Gasteiger partial charge in [0.2, 0.25) is 5.91 Å². The van der Waals surface area contributed by atoms with Crippen LogP contribution in [0, 0.1) is 6.92 Å². The van der Waals surface area contributed by atoms with E-state index >= 15 is 0 Å². The van der Waals surface area contributed by atoms with Gasteiger partial charge in [-0.05, 0) is 43.9 Å². The van der Waals surface area contributed by atoms with Gasteiger partial charge in [-0.15, -0.1) is 23.1 Å². The monoisotopic (exact) mass is 368 g/mol. The summed E-state index contributed by atoms with van der Waals surface area (Å²) >= 11 is 9.26. The predicted octanol–water partition coefficient (Wildman–Crippen LogP) is 4.48. The molecule has 1 N–H and O–H groups in total. The Morgan fingerprint density at radius 2 is 2.26 bits per heavy atom. The summed E-state index contributed by atoms with van der Waals surface area (Å²) < 4.78 is 0. The van der Waals surface area contributed by atoms with Crippen LogP contribution in [0.4, 0.5) is 0 Å². The summed E-state index contributed by atoms with van der Waals surface area (Å²) in [6.07, 6.45) is 3.05. The molecule has 0 saturated carbocycles. The topological polar surface area (TPSA) is 42.0 Å². The van der Waals surface area contributed by atoms with Crippen molar-refractivity contribution in [2.75, 3.05) is 12.3 Å². The predicted molar refractivity (Wildman–Crippen MR) is 100 cm³/mol.